The van der Waals surface area contributed by atoms with Gasteiger partial charge in [0, 0.05) is 17.1 Å². The molecule has 2 heterocycles. The third kappa shape index (κ3) is 2.22. The Morgan fingerprint density at radius 2 is 1.81 bits per heavy atom. The van der Waals surface area contributed by atoms with Gasteiger partial charge in [0.15, 0.2) is 11.9 Å². The van der Waals surface area contributed by atoms with Crippen LogP contribution in [0.2, 0.25) is 5.15 Å². The smallest absolute Gasteiger partial charge is 0.269 e. The topological polar surface area (TPSA) is 69.0 Å². The quantitative estimate of drug-likeness (QED) is 0.549. The molecule has 0 aliphatic rings. The first kappa shape index (κ1) is 13.8. The van der Waals surface area contributed by atoms with E-state index in [4.69, 9.17) is 11.6 Å². The van der Waals surface area contributed by atoms with E-state index >= 15 is 0 Å². The Balaban J connectivity index is 2.35. The summed E-state index contributed by atoms with van der Waals surface area (Å²) in [7, 11) is -3.83. The van der Waals surface area contributed by atoms with Gasteiger partial charge in [-0.3, -0.25) is 4.79 Å². The number of rotatable bonds is 3. The number of halogens is 1. The summed E-state index contributed by atoms with van der Waals surface area (Å²) in [4.78, 5) is 15.3. The van der Waals surface area contributed by atoms with Crippen LogP contribution in [0.4, 0.5) is 0 Å². The Bertz CT molecular complexity index is 934. The monoisotopic (exact) mass is 320 g/mol. The molecule has 0 saturated heterocycles. The third-order valence-electron chi connectivity index (χ3n) is 3.04. The first-order valence-corrected chi connectivity index (χ1v) is 7.79. The van der Waals surface area contributed by atoms with Gasteiger partial charge in [-0.15, -0.1) is 0 Å². The van der Waals surface area contributed by atoms with Crippen LogP contribution in [0.3, 0.4) is 0 Å². The normalized spacial score (nSPS) is 11.7. The number of pyridine rings is 1. The molecule has 21 heavy (non-hydrogen) atoms. The van der Waals surface area contributed by atoms with Crippen molar-refractivity contribution in [2.24, 2.45) is 0 Å². The first-order valence-electron chi connectivity index (χ1n) is 5.97. The number of benzene rings is 1. The summed E-state index contributed by atoms with van der Waals surface area (Å²) in [5.74, 6) is 0. The summed E-state index contributed by atoms with van der Waals surface area (Å²) in [6, 6.07) is 11.0. The number of aldehydes is 1. The van der Waals surface area contributed by atoms with Gasteiger partial charge in [-0.2, -0.15) is 0 Å². The van der Waals surface area contributed by atoms with Crippen LogP contribution in [0.25, 0.3) is 11.0 Å². The van der Waals surface area contributed by atoms with Gasteiger partial charge in [0.2, 0.25) is 0 Å². The fraction of sp³-hybridized carbons (Fsp3) is 0. The molecule has 106 valence electrons. The summed E-state index contributed by atoms with van der Waals surface area (Å²) in [6.45, 7) is 0. The number of hydrogen-bond donors (Lipinski definition) is 0. The SMILES string of the molecule is O=Cc1cn(S(=O)(=O)c2ccccc2)c2nc(Cl)ccc12. The van der Waals surface area contributed by atoms with Crippen molar-refractivity contribution in [3.8, 4) is 0 Å². The minimum absolute atomic E-state index is 0.112. The molecule has 2 aromatic heterocycles. The van der Waals surface area contributed by atoms with Crippen LogP contribution in [0.5, 0.6) is 0 Å². The lowest BCUT2D eigenvalue weighted by Crippen LogP contribution is -2.12. The molecule has 3 rings (SSSR count). The highest BCUT2D eigenvalue weighted by Gasteiger charge is 2.22. The number of hydrogen-bond acceptors (Lipinski definition) is 4. The molecule has 5 nitrogen and oxygen atoms in total. The maximum atomic E-state index is 12.7. The lowest BCUT2D eigenvalue weighted by atomic mass is 10.2. The average Bonchev–Trinajstić information content (AvgIpc) is 2.86. The van der Waals surface area contributed by atoms with Gasteiger partial charge in [-0.25, -0.2) is 17.4 Å². The van der Waals surface area contributed by atoms with Crippen molar-refractivity contribution in [3.05, 3.63) is 59.4 Å². The molecule has 0 amide bonds. The van der Waals surface area contributed by atoms with Gasteiger partial charge >= 0.3 is 0 Å². The zero-order valence-electron chi connectivity index (χ0n) is 10.6. The van der Waals surface area contributed by atoms with Crippen molar-refractivity contribution >= 4 is 38.9 Å². The highest BCUT2D eigenvalue weighted by atomic mass is 35.5. The van der Waals surface area contributed by atoms with Crippen LogP contribution in [-0.2, 0) is 10.0 Å². The van der Waals surface area contributed by atoms with Crippen LogP contribution in [0, 0.1) is 0 Å². The third-order valence-corrected chi connectivity index (χ3v) is 4.92. The summed E-state index contributed by atoms with van der Waals surface area (Å²) in [5.41, 5.74) is 0.377. The summed E-state index contributed by atoms with van der Waals surface area (Å²) < 4.78 is 26.3. The fourth-order valence-electron chi connectivity index (χ4n) is 2.06. The lowest BCUT2D eigenvalue weighted by molar-refractivity contribution is 0.112. The van der Waals surface area contributed by atoms with Crippen LogP contribution < -0.4 is 0 Å². The van der Waals surface area contributed by atoms with Crippen molar-refractivity contribution in [1.29, 1.82) is 0 Å². The minimum atomic E-state index is -3.83. The van der Waals surface area contributed by atoms with E-state index in [2.05, 4.69) is 4.98 Å². The molecule has 3 aromatic rings. The molecule has 0 bridgehead atoms. The second-order valence-electron chi connectivity index (χ2n) is 4.32. The summed E-state index contributed by atoms with van der Waals surface area (Å²) >= 11 is 5.83. The summed E-state index contributed by atoms with van der Waals surface area (Å²) in [6.07, 6.45) is 1.85. The molecule has 0 fully saturated rings. The number of carbonyl (C=O) groups excluding carboxylic acids is 1. The Labute approximate surface area is 125 Å². The van der Waals surface area contributed by atoms with Gasteiger partial charge in [0.1, 0.15) is 5.15 Å². The van der Waals surface area contributed by atoms with E-state index in [1.165, 1.54) is 24.4 Å². The lowest BCUT2D eigenvalue weighted by Gasteiger charge is -2.06. The zero-order chi connectivity index (χ0) is 15.0. The molecular weight excluding hydrogens is 312 g/mol. The predicted molar refractivity (Wildman–Crippen MR) is 79.2 cm³/mol. The minimum Gasteiger partial charge on any atom is -0.298 e. The van der Waals surface area contributed by atoms with Crippen LogP contribution in [0.1, 0.15) is 10.4 Å². The van der Waals surface area contributed by atoms with Gasteiger partial charge in [-0.05, 0) is 24.3 Å². The Morgan fingerprint density at radius 3 is 2.48 bits per heavy atom. The highest BCUT2D eigenvalue weighted by molar-refractivity contribution is 7.90. The van der Waals surface area contributed by atoms with Crippen LogP contribution in [-0.4, -0.2) is 23.7 Å². The fourth-order valence-corrected chi connectivity index (χ4v) is 3.55. The van der Waals surface area contributed by atoms with Gasteiger partial charge in [-0.1, -0.05) is 29.8 Å². The van der Waals surface area contributed by atoms with Crippen molar-refractivity contribution in [3.63, 3.8) is 0 Å². The van der Waals surface area contributed by atoms with Crippen molar-refractivity contribution < 1.29 is 13.2 Å². The van der Waals surface area contributed by atoms with Gasteiger partial charge in [0.25, 0.3) is 10.0 Å². The number of aromatic nitrogens is 2. The van der Waals surface area contributed by atoms with Crippen LogP contribution >= 0.6 is 11.6 Å². The molecule has 0 N–H and O–H groups in total. The van der Waals surface area contributed by atoms with Crippen LogP contribution in [0.15, 0.2) is 53.6 Å². The van der Waals surface area contributed by atoms with Crippen molar-refractivity contribution in [1.82, 2.24) is 8.96 Å². The molecule has 0 atom stereocenters. The molecule has 1 aromatic carbocycles. The second-order valence-corrected chi connectivity index (χ2v) is 6.52. The zero-order valence-corrected chi connectivity index (χ0v) is 12.2. The van der Waals surface area contributed by atoms with Crippen molar-refractivity contribution in [2.45, 2.75) is 4.90 Å². The Morgan fingerprint density at radius 1 is 1.10 bits per heavy atom. The Kier molecular flexibility index (Phi) is 3.27. The van der Waals surface area contributed by atoms with E-state index < -0.39 is 10.0 Å². The highest BCUT2D eigenvalue weighted by Crippen LogP contribution is 2.25. The van der Waals surface area contributed by atoms with E-state index in [0.717, 1.165) is 3.97 Å². The molecule has 7 heteroatoms. The molecule has 0 radical (unpaired) electrons. The van der Waals surface area contributed by atoms with E-state index in [-0.39, 0.29) is 21.3 Å². The average molecular weight is 321 g/mol. The largest absolute Gasteiger partial charge is 0.298 e. The predicted octanol–water partition coefficient (Wildman–Crippen LogP) is 2.74. The standard InChI is InChI=1S/C14H9ClN2O3S/c15-13-7-6-12-10(9-18)8-17(14(12)16-13)21(19,20)11-4-2-1-3-5-11/h1-9H. The van der Waals surface area contributed by atoms with Crippen molar-refractivity contribution in [2.75, 3.05) is 0 Å². The Hall–Kier alpha value is -2.18. The molecule has 0 aliphatic carbocycles. The second kappa shape index (κ2) is 4.98. The maximum absolute atomic E-state index is 12.7. The van der Waals surface area contributed by atoms with E-state index in [0.29, 0.717) is 11.7 Å². The molecule has 0 saturated carbocycles. The number of fused-ring (bicyclic) bond motifs is 1. The molecule has 0 aliphatic heterocycles. The number of nitrogens with zero attached hydrogens (tertiary/aromatic N) is 2. The molecule has 0 spiro atoms. The number of carbonyl (C=O) groups is 1. The molecule has 0 unspecified atom stereocenters. The first-order chi connectivity index (χ1) is 10.0. The van der Waals surface area contributed by atoms with E-state index in [1.54, 1.807) is 24.3 Å². The summed E-state index contributed by atoms with van der Waals surface area (Å²) in [5, 5.41) is 0.594. The van der Waals surface area contributed by atoms with Gasteiger partial charge < -0.3 is 0 Å². The molecular formula is C14H9ClN2O3S. The van der Waals surface area contributed by atoms with Gasteiger partial charge in [0.05, 0.1) is 4.90 Å². The maximum Gasteiger partial charge on any atom is 0.269 e. The van der Waals surface area contributed by atoms with E-state index in [1.807, 2.05) is 0 Å². The van der Waals surface area contributed by atoms with E-state index in [9.17, 15) is 13.2 Å².